The van der Waals surface area contributed by atoms with E-state index in [1.165, 1.54) is 27.5 Å². The van der Waals surface area contributed by atoms with Crippen molar-refractivity contribution in [3.63, 3.8) is 0 Å². The molecular weight excluding hydrogens is 374 g/mol. The smallest absolute Gasteiger partial charge is 0.341 e. The summed E-state index contributed by atoms with van der Waals surface area (Å²) in [6.07, 6.45) is 3.44. The highest BCUT2D eigenvalue weighted by Crippen LogP contribution is 2.36. The van der Waals surface area contributed by atoms with E-state index in [1.807, 2.05) is 12.1 Å². The lowest BCUT2D eigenvalue weighted by Gasteiger charge is -2.22. The third-order valence-corrected chi connectivity index (χ3v) is 6.27. The average molecular weight is 404 g/mol. The summed E-state index contributed by atoms with van der Waals surface area (Å²) in [4.78, 5) is 10.6. The Morgan fingerprint density at radius 1 is 1.07 bits per heavy atom. The molecule has 0 amide bonds. The molecule has 1 aliphatic rings. The number of hydrogen-bond donors (Lipinski definition) is 2. The molecule has 4 heteroatoms. The van der Waals surface area contributed by atoms with E-state index in [0.717, 1.165) is 19.3 Å². The highest BCUT2D eigenvalue weighted by atomic mass is 16.5. The van der Waals surface area contributed by atoms with E-state index in [-0.39, 0.29) is 6.61 Å². The first-order valence-corrected chi connectivity index (χ1v) is 10.7. The molecule has 3 aromatic rings. The monoisotopic (exact) mass is 403 g/mol. The Bertz CT molecular complexity index is 1030. The van der Waals surface area contributed by atoms with Crippen molar-refractivity contribution in [1.82, 2.24) is 5.32 Å². The largest absolute Gasteiger partial charge is 0.482 e. The van der Waals surface area contributed by atoms with Gasteiger partial charge in [-0.1, -0.05) is 48.5 Å². The molecule has 1 fully saturated rings. The van der Waals surface area contributed by atoms with Gasteiger partial charge < -0.3 is 15.2 Å². The molecule has 0 saturated heterocycles. The zero-order valence-corrected chi connectivity index (χ0v) is 17.6. The van der Waals surface area contributed by atoms with E-state index >= 15 is 0 Å². The van der Waals surface area contributed by atoms with Crippen LogP contribution >= 0.6 is 0 Å². The van der Waals surface area contributed by atoms with Crippen LogP contribution in [-0.4, -0.2) is 23.7 Å². The fourth-order valence-corrected chi connectivity index (χ4v) is 4.71. The zero-order valence-electron chi connectivity index (χ0n) is 17.6. The van der Waals surface area contributed by atoms with Crippen molar-refractivity contribution in [2.24, 2.45) is 0 Å². The number of aryl methyl sites for hydroxylation is 1. The van der Waals surface area contributed by atoms with Gasteiger partial charge in [0.25, 0.3) is 0 Å². The van der Waals surface area contributed by atoms with Gasteiger partial charge >= 0.3 is 5.97 Å². The van der Waals surface area contributed by atoms with Crippen molar-refractivity contribution < 1.29 is 14.6 Å². The molecule has 2 N–H and O–H groups in total. The molecular formula is C26H29NO3. The Hall–Kier alpha value is -2.85. The summed E-state index contributed by atoms with van der Waals surface area (Å²) >= 11 is 0. The molecule has 156 valence electrons. The van der Waals surface area contributed by atoms with Crippen molar-refractivity contribution in [2.75, 3.05) is 6.61 Å². The number of carbonyl (C=O) groups is 1. The number of aliphatic carboxylic acids is 1. The molecule has 0 aliphatic heterocycles. The van der Waals surface area contributed by atoms with Gasteiger partial charge in [0.1, 0.15) is 5.75 Å². The summed E-state index contributed by atoms with van der Waals surface area (Å²) in [7, 11) is 0. The van der Waals surface area contributed by atoms with E-state index in [2.05, 4.69) is 67.7 Å². The predicted molar refractivity (Wildman–Crippen MR) is 120 cm³/mol. The molecule has 0 radical (unpaired) electrons. The summed E-state index contributed by atoms with van der Waals surface area (Å²) < 4.78 is 5.24. The molecule has 1 unspecified atom stereocenters. The topological polar surface area (TPSA) is 58.6 Å². The quantitative estimate of drug-likeness (QED) is 0.539. The standard InChI is InChI=1S/C26H29NO3/c1-17-7-14-24(25-6-4-3-5-23(17)25)18(2)27-21-11-8-20(15-21)19-9-12-22(13-10-19)30-16-26(28)29/h3-7,9-10,12-14,18,20-21,27H,8,11,15-16H2,1-2H3,(H,28,29)/t18-,20-,21?/m1/s1. The predicted octanol–water partition coefficient (Wildman–Crippen LogP) is 5.60. The van der Waals surface area contributed by atoms with Gasteiger partial charge in [-0.3, -0.25) is 0 Å². The van der Waals surface area contributed by atoms with Crippen LogP contribution < -0.4 is 10.1 Å². The molecule has 1 aliphatic carbocycles. The molecule has 0 bridgehead atoms. The van der Waals surface area contributed by atoms with Crippen molar-refractivity contribution in [3.8, 4) is 5.75 Å². The maximum absolute atomic E-state index is 10.6. The molecule has 4 nitrogen and oxygen atoms in total. The van der Waals surface area contributed by atoms with Crippen LogP contribution in [0.4, 0.5) is 0 Å². The van der Waals surface area contributed by atoms with Gasteiger partial charge in [-0.15, -0.1) is 0 Å². The molecule has 0 aromatic heterocycles. The number of ether oxygens (including phenoxy) is 1. The number of fused-ring (bicyclic) bond motifs is 1. The normalized spacial score (nSPS) is 19.7. The Morgan fingerprint density at radius 3 is 2.53 bits per heavy atom. The Balaban J connectivity index is 1.39. The highest BCUT2D eigenvalue weighted by Gasteiger charge is 2.27. The van der Waals surface area contributed by atoms with Crippen LogP contribution in [0.3, 0.4) is 0 Å². The van der Waals surface area contributed by atoms with E-state index in [1.54, 1.807) is 0 Å². The maximum atomic E-state index is 10.6. The Kier molecular flexibility index (Phi) is 6.05. The number of nitrogens with one attached hydrogen (secondary N) is 1. The highest BCUT2D eigenvalue weighted by molar-refractivity contribution is 5.88. The van der Waals surface area contributed by atoms with Gasteiger partial charge in [0, 0.05) is 12.1 Å². The second-order valence-corrected chi connectivity index (χ2v) is 8.36. The first kappa shape index (κ1) is 20.4. The van der Waals surface area contributed by atoms with Crippen LogP contribution in [0.15, 0.2) is 60.7 Å². The zero-order chi connectivity index (χ0) is 21.1. The van der Waals surface area contributed by atoms with E-state index in [4.69, 9.17) is 9.84 Å². The summed E-state index contributed by atoms with van der Waals surface area (Å²) in [5.74, 6) is 0.172. The van der Waals surface area contributed by atoms with Gasteiger partial charge in [0.05, 0.1) is 0 Å². The molecule has 4 rings (SSSR count). The second kappa shape index (κ2) is 8.88. The number of rotatable bonds is 7. The van der Waals surface area contributed by atoms with Crippen LogP contribution in [0.5, 0.6) is 5.75 Å². The van der Waals surface area contributed by atoms with Crippen molar-refractivity contribution in [3.05, 3.63) is 77.4 Å². The van der Waals surface area contributed by atoms with Crippen LogP contribution in [0.2, 0.25) is 0 Å². The average Bonchev–Trinajstić information content (AvgIpc) is 3.21. The minimum absolute atomic E-state index is 0.297. The lowest BCUT2D eigenvalue weighted by atomic mass is 9.95. The van der Waals surface area contributed by atoms with Crippen LogP contribution in [-0.2, 0) is 4.79 Å². The van der Waals surface area contributed by atoms with Gasteiger partial charge in [0.2, 0.25) is 0 Å². The molecule has 1 saturated carbocycles. The number of carboxylic acids is 1. The number of carboxylic acid groups (broad SMARTS) is 1. The lowest BCUT2D eigenvalue weighted by Crippen LogP contribution is -2.29. The van der Waals surface area contributed by atoms with Crippen molar-refractivity contribution >= 4 is 16.7 Å². The molecule has 30 heavy (non-hydrogen) atoms. The first-order valence-electron chi connectivity index (χ1n) is 10.7. The van der Waals surface area contributed by atoms with Crippen molar-refractivity contribution in [2.45, 2.75) is 51.1 Å². The first-order chi connectivity index (χ1) is 14.5. The molecule has 3 aromatic carbocycles. The number of hydrogen-bond acceptors (Lipinski definition) is 3. The third-order valence-electron chi connectivity index (χ3n) is 6.27. The lowest BCUT2D eigenvalue weighted by molar-refractivity contribution is -0.139. The second-order valence-electron chi connectivity index (χ2n) is 8.36. The molecule has 3 atom stereocenters. The van der Waals surface area contributed by atoms with E-state index in [9.17, 15) is 4.79 Å². The summed E-state index contributed by atoms with van der Waals surface area (Å²) in [6.45, 7) is 4.13. The number of benzene rings is 3. The molecule has 0 spiro atoms. The van der Waals surface area contributed by atoms with Gasteiger partial charge in [-0.2, -0.15) is 0 Å². The summed E-state index contributed by atoms with van der Waals surface area (Å²) in [5.41, 5.74) is 3.98. The van der Waals surface area contributed by atoms with Crippen LogP contribution in [0.25, 0.3) is 10.8 Å². The SMILES string of the molecule is Cc1ccc([C@@H](C)NC2CC[C@@H](c3ccc(OCC(=O)O)cc3)C2)c2ccccc12. The van der Waals surface area contributed by atoms with E-state index < -0.39 is 5.97 Å². The fourth-order valence-electron chi connectivity index (χ4n) is 4.71. The Morgan fingerprint density at radius 2 is 1.80 bits per heavy atom. The molecule has 0 heterocycles. The summed E-state index contributed by atoms with van der Waals surface area (Å²) in [6, 6.07) is 21.8. The minimum Gasteiger partial charge on any atom is -0.482 e. The van der Waals surface area contributed by atoms with Crippen molar-refractivity contribution in [1.29, 1.82) is 0 Å². The summed E-state index contributed by atoms with van der Waals surface area (Å²) in [5, 5.41) is 15.3. The van der Waals surface area contributed by atoms with Gasteiger partial charge in [0.15, 0.2) is 6.61 Å². The fraction of sp³-hybridized carbons (Fsp3) is 0.346. The third kappa shape index (κ3) is 4.49. The van der Waals surface area contributed by atoms with Crippen LogP contribution in [0.1, 0.15) is 54.8 Å². The van der Waals surface area contributed by atoms with Gasteiger partial charge in [-0.25, -0.2) is 4.79 Å². The Labute approximate surface area is 177 Å². The minimum atomic E-state index is -0.959. The maximum Gasteiger partial charge on any atom is 0.341 e. The van der Waals surface area contributed by atoms with E-state index in [0.29, 0.717) is 23.8 Å². The van der Waals surface area contributed by atoms with Gasteiger partial charge in [-0.05, 0) is 78.6 Å². The van der Waals surface area contributed by atoms with Crippen LogP contribution in [0, 0.1) is 6.92 Å².